The van der Waals surface area contributed by atoms with Crippen molar-refractivity contribution in [1.29, 1.82) is 0 Å². The number of nitrogens with one attached hydrogen (secondary N) is 1. The summed E-state index contributed by atoms with van der Waals surface area (Å²) in [7, 11) is 6.45. The topological polar surface area (TPSA) is 18.5 Å². The second kappa shape index (κ2) is 8.52. The highest BCUT2D eigenvalue weighted by Gasteiger charge is 2.10. The molecular weight excluding hydrogens is 258 g/mol. The van der Waals surface area contributed by atoms with Crippen LogP contribution in [0.25, 0.3) is 0 Å². The van der Waals surface area contributed by atoms with Crippen LogP contribution in [0.2, 0.25) is 0 Å². The summed E-state index contributed by atoms with van der Waals surface area (Å²) in [5, 5.41) is 3.57. The van der Waals surface area contributed by atoms with E-state index >= 15 is 0 Å². The SMILES string of the molecule is CN(C)CCN(C)Cc1ccccc1CCNC(C)(C)C. The Morgan fingerprint density at radius 3 is 2.14 bits per heavy atom. The van der Waals surface area contributed by atoms with Gasteiger partial charge in [-0.25, -0.2) is 0 Å². The van der Waals surface area contributed by atoms with Crippen molar-refractivity contribution in [3.05, 3.63) is 35.4 Å². The molecule has 0 fully saturated rings. The van der Waals surface area contributed by atoms with Crippen LogP contribution >= 0.6 is 0 Å². The van der Waals surface area contributed by atoms with Crippen molar-refractivity contribution in [2.24, 2.45) is 0 Å². The molecule has 0 atom stereocenters. The van der Waals surface area contributed by atoms with E-state index in [1.54, 1.807) is 0 Å². The number of likely N-dealkylation sites (N-methyl/N-ethyl adjacent to an activating group) is 2. The maximum atomic E-state index is 3.57. The third-order valence-electron chi connectivity index (χ3n) is 3.54. The lowest BCUT2D eigenvalue weighted by atomic mass is 10.0. The molecule has 3 heteroatoms. The molecule has 0 saturated carbocycles. The normalized spacial score (nSPS) is 12.4. The van der Waals surface area contributed by atoms with Crippen LogP contribution in [-0.4, -0.2) is 56.1 Å². The van der Waals surface area contributed by atoms with Crippen LogP contribution in [0.15, 0.2) is 24.3 Å². The van der Waals surface area contributed by atoms with E-state index < -0.39 is 0 Å². The van der Waals surface area contributed by atoms with Crippen molar-refractivity contribution in [2.75, 3.05) is 40.8 Å². The Kier molecular flexibility index (Phi) is 7.36. The fraction of sp³-hybridized carbons (Fsp3) is 0.667. The van der Waals surface area contributed by atoms with Crippen LogP contribution in [0.3, 0.4) is 0 Å². The van der Waals surface area contributed by atoms with Crippen LogP contribution in [0.4, 0.5) is 0 Å². The highest BCUT2D eigenvalue weighted by atomic mass is 15.1. The van der Waals surface area contributed by atoms with E-state index in [1.165, 1.54) is 11.1 Å². The first-order valence-corrected chi connectivity index (χ1v) is 7.93. The van der Waals surface area contributed by atoms with Crippen molar-refractivity contribution >= 4 is 0 Å². The van der Waals surface area contributed by atoms with E-state index in [0.717, 1.165) is 32.6 Å². The molecule has 0 aliphatic rings. The Morgan fingerprint density at radius 1 is 0.952 bits per heavy atom. The zero-order valence-corrected chi connectivity index (χ0v) is 14.7. The molecule has 1 aromatic rings. The van der Waals surface area contributed by atoms with E-state index in [-0.39, 0.29) is 5.54 Å². The van der Waals surface area contributed by atoms with Crippen LogP contribution in [0.5, 0.6) is 0 Å². The monoisotopic (exact) mass is 291 g/mol. The van der Waals surface area contributed by atoms with Gasteiger partial charge in [0.15, 0.2) is 0 Å². The average Bonchev–Trinajstić information content (AvgIpc) is 2.37. The Balaban J connectivity index is 2.54. The molecule has 0 amide bonds. The summed E-state index contributed by atoms with van der Waals surface area (Å²) < 4.78 is 0. The average molecular weight is 291 g/mol. The van der Waals surface area contributed by atoms with Gasteiger partial charge in [0, 0.05) is 25.2 Å². The Bertz CT molecular complexity index is 407. The number of hydrogen-bond donors (Lipinski definition) is 1. The van der Waals surface area contributed by atoms with Gasteiger partial charge in [0.1, 0.15) is 0 Å². The zero-order chi connectivity index (χ0) is 15.9. The van der Waals surface area contributed by atoms with Crippen LogP contribution in [0.1, 0.15) is 31.9 Å². The molecule has 120 valence electrons. The lowest BCUT2D eigenvalue weighted by Crippen LogP contribution is -2.37. The maximum Gasteiger partial charge on any atom is 0.0233 e. The molecule has 1 aromatic carbocycles. The molecule has 0 saturated heterocycles. The number of hydrogen-bond acceptors (Lipinski definition) is 3. The van der Waals surface area contributed by atoms with E-state index in [9.17, 15) is 0 Å². The van der Waals surface area contributed by atoms with Gasteiger partial charge >= 0.3 is 0 Å². The van der Waals surface area contributed by atoms with E-state index in [4.69, 9.17) is 0 Å². The Hall–Kier alpha value is -0.900. The first-order valence-electron chi connectivity index (χ1n) is 7.93. The summed E-state index contributed by atoms with van der Waals surface area (Å²) >= 11 is 0. The molecule has 0 heterocycles. The van der Waals surface area contributed by atoms with Crippen LogP contribution < -0.4 is 5.32 Å². The second-order valence-electron chi connectivity index (χ2n) is 7.24. The second-order valence-corrected chi connectivity index (χ2v) is 7.24. The van der Waals surface area contributed by atoms with Crippen molar-refractivity contribution in [2.45, 2.75) is 39.3 Å². The minimum atomic E-state index is 0.192. The fourth-order valence-corrected chi connectivity index (χ4v) is 2.27. The molecule has 0 aliphatic carbocycles. The molecule has 0 radical (unpaired) electrons. The van der Waals surface area contributed by atoms with E-state index in [1.807, 2.05) is 0 Å². The van der Waals surface area contributed by atoms with E-state index in [0.29, 0.717) is 0 Å². The lowest BCUT2D eigenvalue weighted by Gasteiger charge is -2.23. The van der Waals surface area contributed by atoms with Gasteiger partial charge in [-0.3, -0.25) is 0 Å². The number of rotatable bonds is 8. The van der Waals surface area contributed by atoms with Gasteiger partial charge in [-0.2, -0.15) is 0 Å². The molecule has 0 unspecified atom stereocenters. The number of nitrogens with zero attached hydrogens (tertiary/aromatic N) is 2. The third kappa shape index (κ3) is 8.20. The summed E-state index contributed by atoms with van der Waals surface area (Å²) in [6.07, 6.45) is 1.09. The van der Waals surface area contributed by atoms with E-state index in [2.05, 4.69) is 81.3 Å². The maximum absolute atomic E-state index is 3.57. The van der Waals surface area contributed by atoms with Gasteiger partial charge in [-0.15, -0.1) is 0 Å². The van der Waals surface area contributed by atoms with Crippen molar-refractivity contribution in [3.63, 3.8) is 0 Å². The van der Waals surface area contributed by atoms with Gasteiger partial charge in [0.2, 0.25) is 0 Å². The third-order valence-corrected chi connectivity index (χ3v) is 3.54. The quantitative estimate of drug-likeness (QED) is 0.794. The molecule has 0 aliphatic heterocycles. The van der Waals surface area contributed by atoms with Gasteiger partial charge in [-0.05, 0) is 66.0 Å². The van der Waals surface area contributed by atoms with Gasteiger partial charge < -0.3 is 15.1 Å². The largest absolute Gasteiger partial charge is 0.312 e. The Morgan fingerprint density at radius 2 is 1.57 bits per heavy atom. The summed E-state index contributed by atoms with van der Waals surface area (Å²) in [5.74, 6) is 0. The zero-order valence-electron chi connectivity index (χ0n) is 14.7. The first kappa shape index (κ1) is 18.1. The van der Waals surface area contributed by atoms with Gasteiger partial charge in [-0.1, -0.05) is 24.3 Å². The molecule has 1 N–H and O–H groups in total. The predicted octanol–water partition coefficient (Wildman–Crippen LogP) is 2.61. The molecule has 0 bridgehead atoms. The Labute approximate surface area is 131 Å². The summed E-state index contributed by atoms with van der Waals surface area (Å²) in [4.78, 5) is 4.63. The minimum Gasteiger partial charge on any atom is -0.312 e. The van der Waals surface area contributed by atoms with Crippen molar-refractivity contribution < 1.29 is 0 Å². The number of benzene rings is 1. The summed E-state index contributed by atoms with van der Waals surface area (Å²) in [5.41, 5.74) is 3.11. The molecule has 0 spiro atoms. The van der Waals surface area contributed by atoms with Gasteiger partial charge in [0.05, 0.1) is 0 Å². The summed E-state index contributed by atoms with van der Waals surface area (Å²) in [6, 6.07) is 8.82. The molecular formula is C18H33N3. The first-order chi connectivity index (χ1) is 9.78. The predicted molar refractivity (Wildman–Crippen MR) is 92.8 cm³/mol. The standard InChI is InChI=1S/C18H33N3/c1-18(2,3)19-12-11-16-9-7-8-10-17(16)15-21(6)14-13-20(4)5/h7-10,19H,11-15H2,1-6H3. The summed E-state index contributed by atoms with van der Waals surface area (Å²) in [6.45, 7) is 10.9. The minimum absolute atomic E-state index is 0.192. The molecule has 3 nitrogen and oxygen atoms in total. The van der Waals surface area contributed by atoms with Crippen LogP contribution in [0, 0.1) is 0 Å². The van der Waals surface area contributed by atoms with Crippen LogP contribution in [-0.2, 0) is 13.0 Å². The molecule has 1 rings (SSSR count). The molecule has 21 heavy (non-hydrogen) atoms. The van der Waals surface area contributed by atoms with Gasteiger partial charge in [0.25, 0.3) is 0 Å². The highest BCUT2D eigenvalue weighted by molar-refractivity contribution is 5.27. The highest BCUT2D eigenvalue weighted by Crippen LogP contribution is 2.12. The van der Waals surface area contributed by atoms with Crippen molar-refractivity contribution in [3.8, 4) is 0 Å². The lowest BCUT2D eigenvalue weighted by molar-refractivity contribution is 0.275. The molecule has 0 aromatic heterocycles. The fourth-order valence-electron chi connectivity index (χ4n) is 2.27. The smallest absolute Gasteiger partial charge is 0.0233 e. The van der Waals surface area contributed by atoms with Crippen molar-refractivity contribution in [1.82, 2.24) is 15.1 Å².